The van der Waals surface area contributed by atoms with Crippen LogP contribution in [0.25, 0.3) is 11.1 Å². The Kier molecular flexibility index (Phi) is 6.38. The molecule has 1 unspecified atom stereocenters. The lowest BCUT2D eigenvalue weighted by molar-refractivity contribution is -0.131. The lowest BCUT2D eigenvalue weighted by Gasteiger charge is -2.25. The van der Waals surface area contributed by atoms with Crippen molar-refractivity contribution in [2.45, 2.75) is 25.8 Å². The van der Waals surface area contributed by atoms with Crippen LogP contribution in [0.3, 0.4) is 0 Å². The number of rotatable bonds is 7. The summed E-state index contributed by atoms with van der Waals surface area (Å²) in [6.07, 6.45) is 1.22. The fraction of sp³-hybridized carbons (Fsp3) is 0.350. The van der Waals surface area contributed by atoms with Crippen molar-refractivity contribution in [3.63, 3.8) is 0 Å². The first-order chi connectivity index (χ1) is 11.6. The molecule has 0 aliphatic heterocycles. The van der Waals surface area contributed by atoms with Crippen LogP contribution in [0.2, 0.25) is 0 Å². The predicted molar refractivity (Wildman–Crippen MR) is 97.9 cm³/mol. The summed E-state index contributed by atoms with van der Waals surface area (Å²) in [5.74, 6) is 0.981. The zero-order valence-corrected chi connectivity index (χ0v) is 14.7. The maximum absolute atomic E-state index is 12.1. The largest absolute Gasteiger partial charge is 0.496 e. The van der Waals surface area contributed by atoms with Gasteiger partial charge in [-0.2, -0.15) is 0 Å². The van der Waals surface area contributed by atoms with Crippen molar-refractivity contribution in [2.24, 2.45) is 5.73 Å². The van der Waals surface area contributed by atoms with Gasteiger partial charge in [0, 0.05) is 19.0 Å². The molecule has 0 bridgehead atoms. The molecule has 0 fully saturated rings. The zero-order valence-electron chi connectivity index (χ0n) is 14.7. The maximum atomic E-state index is 12.1. The number of nitrogens with zero attached hydrogens (tertiary/aromatic N) is 1. The molecular formula is C20H26N2O2. The first kappa shape index (κ1) is 18.0. The van der Waals surface area contributed by atoms with Crippen LogP contribution in [-0.4, -0.2) is 31.5 Å². The third kappa shape index (κ3) is 4.15. The summed E-state index contributed by atoms with van der Waals surface area (Å²) in [6.45, 7) is 2.58. The topological polar surface area (TPSA) is 55.6 Å². The van der Waals surface area contributed by atoms with Gasteiger partial charge in [0.1, 0.15) is 5.75 Å². The monoisotopic (exact) mass is 326 g/mol. The fourth-order valence-electron chi connectivity index (χ4n) is 2.69. The number of nitrogens with two attached hydrogens (primary N) is 1. The molecular weight excluding hydrogens is 300 g/mol. The van der Waals surface area contributed by atoms with E-state index in [1.165, 1.54) is 0 Å². The van der Waals surface area contributed by atoms with E-state index in [2.05, 4.69) is 24.3 Å². The smallest absolute Gasteiger partial charge is 0.222 e. The number of carbonyl (C=O) groups is 1. The molecule has 0 aliphatic rings. The summed E-state index contributed by atoms with van der Waals surface area (Å²) in [5.41, 5.74) is 8.75. The van der Waals surface area contributed by atoms with Crippen LogP contribution in [0.15, 0.2) is 48.5 Å². The van der Waals surface area contributed by atoms with Crippen LogP contribution in [-0.2, 0) is 4.79 Å². The fourth-order valence-corrected chi connectivity index (χ4v) is 2.69. The van der Waals surface area contributed by atoms with E-state index in [0.717, 1.165) is 28.9 Å². The minimum Gasteiger partial charge on any atom is -0.496 e. The second-order valence-electron chi connectivity index (χ2n) is 5.90. The van der Waals surface area contributed by atoms with Gasteiger partial charge in [0.25, 0.3) is 0 Å². The van der Waals surface area contributed by atoms with Gasteiger partial charge in [0.15, 0.2) is 0 Å². The molecule has 0 aromatic heterocycles. The number of hydrogen-bond acceptors (Lipinski definition) is 3. The van der Waals surface area contributed by atoms with Crippen molar-refractivity contribution in [1.29, 1.82) is 0 Å². The van der Waals surface area contributed by atoms with E-state index >= 15 is 0 Å². The highest BCUT2D eigenvalue weighted by atomic mass is 16.5. The Morgan fingerprint density at radius 2 is 1.83 bits per heavy atom. The highest BCUT2D eigenvalue weighted by molar-refractivity contribution is 5.76. The highest BCUT2D eigenvalue weighted by Crippen LogP contribution is 2.31. The van der Waals surface area contributed by atoms with Gasteiger partial charge < -0.3 is 15.4 Å². The summed E-state index contributed by atoms with van der Waals surface area (Å²) >= 11 is 0. The van der Waals surface area contributed by atoms with Gasteiger partial charge in [-0.05, 0) is 37.1 Å². The molecule has 0 aliphatic carbocycles. The highest BCUT2D eigenvalue weighted by Gasteiger charge is 2.17. The summed E-state index contributed by atoms with van der Waals surface area (Å²) in [4.78, 5) is 13.9. The van der Waals surface area contributed by atoms with Gasteiger partial charge in [-0.15, -0.1) is 0 Å². The molecule has 0 heterocycles. The van der Waals surface area contributed by atoms with E-state index in [4.69, 9.17) is 10.5 Å². The molecule has 1 amide bonds. The normalized spacial score (nSPS) is 11.8. The average molecular weight is 326 g/mol. The molecule has 4 nitrogen and oxygen atoms in total. The standard InChI is InChI=1S/C20H26N2O2/c1-15(22(2)20(23)9-6-14-21)16-10-12-17(13-11-16)18-7-4-5-8-19(18)24-3/h4-5,7-8,10-13,15H,6,9,14,21H2,1-3H3. The lowest BCUT2D eigenvalue weighted by Crippen LogP contribution is -2.29. The summed E-state index contributed by atoms with van der Waals surface area (Å²) in [7, 11) is 3.52. The molecule has 24 heavy (non-hydrogen) atoms. The molecule has 0 radical (unpaired) electrons. The molecule has 1 atom stereocenters. The molecule has 2 rings (SSSR count). The number of benzene rings is 2. The van der Waals surface area contributed by atoms with Crippen molar-refractivity contribution in [3.05, 3.63) is 54.1 Å². The Bertz CT molecular complexity index is 668. The van der Waals surface area contributed by atoms with Crippen LogP contribution in [0, 0.1) is 0 Å². The van der Waals surface area contributed by atoms with Gasteiger partial charge in [0.05, 0.1) is 13.2 Å². The predicted octanol–water partition coefficient (Wildman–Crippen LogP) is 3.62. The number of methoxy groups -OCH3 is 1. The summed E-state index contributed by atoms with van der Waals surface area (Å²) < 4.78 is 5.42. The van der Waals surface area contributed by atoms with Crippen LogP contribution in [0.4, 0.5) is 0 Å². The molecule has 128 valence electrons. The van der Waals surface area contributed by atoms with E-state index in [9.17, 15) is 4.79 Å². The van der Waals surface area contributed by atoms with Gasteiger partial charge in [-0.3, -0.25) is 4.79 Å². The first-order valence-corrected chi connectivity index (χ1v) is 8.27. The van der Waals surface area contributed by atoms with Crippen LogP contribution in [0.5, 0.6) is 5.75 Å². The Balaban J connectivity index is 2.15. The van der Waals surface area contributed by atoms with Crippen molar-refractivity contribution in [1.82, 2.24) is 4.90 Å². The summed E-state index contributed by atoms with van der Waals surface area (Å²) in [6, 6.07) is 16.3. The minimum atomic E-state index is 0.0296. The van der Waals surface area contributed by atoms with Crippen molar-refractivity contribution in [2.75, 3.05) is 20.7 Å². The van der Waals surface area contributed by atoms with Gasteiger partial charge in [-0.25, -0.2) is 0 Å². The van der Waals surface area contributed by atoms with Crippen LogP contribution >= 0.6 is 0 Å². The number of para-hydroxylation sites is 1. The maximum Gasteiger partial charge on any atom is 0.222 e. The average Bonchev–Trinajstić information content (AvgIpc) is 2.64. The van der Waals surface area contributed by atoms with Crippen molar-refractivity contribution < 1.29 is 9.53 Å². The zero-order chi connectivity index (χ0) is 17.5. The Hall–Kier alpha value is -2.33. The van der Waals surface area contributed by atoms with E-state index in [0.29, 0.717) is 13.0 Å². The number of hydrogen-bond donors (Lipinski definition) is 1. The molecule has 4 heteroatoms. The summed E-state index contributed by atoms with van der Waals surface area (Å²) in [5, 5.41) is 0. The second kappa shape index (κ2) is 8.50. The van der Waals surface area contributed by atoms with Crippen LogP contribution in [0.1, 0.15) is 31.4 Å². The quantitative estimate of drug-likeness (QED) is 0.845. The van der Waals surface area contributed by atoms with E-state index in [1.54, 1.807) is 12.0 Å². The van der Waals surface area contributed by atoms with E-state index in [1.807, 2.05) is 38.2 Å². The first-order valence-electron chi connectivity index (χ1n) is 8.27. The Morgan fingerprint density at radius 1 is 1.17 bits per heavy atom. The molecule has 0 saturated heterocycles. The lowest BCUT2D eigenvalue weighted by atomic mass is 10.00. The van der Waals surface area contributed by atoms with Crippen molar-refractivity contribution >= 4 is 5.91 Å². The van der Waals surface area contributed by atoms with Gasteiger partial charge in [0.2, 0.25) is 5.91 Å². The molecule has 2 aromatic carbocycles. The number of carbonyl (C=O) groups excluding carboxylic acids is 1. The van der Waals surface area contributed by atoms with E-state index in [-0.39, 0.29) is 11.9 Å². The molecule has 0 saturated carbocycles. The second-order valence-corrected chi connectivity index (χ2v) is 5.90. The number of ether oxygens (including phenoxy) is 1. The molecule has 2 N–H and O–H groups in total. The SMILES string of the molecule is COc1ccccc1-c1ccc(C(C)N(C)C(=O)CCCN)cc1. The molecule has 0 spiro atoms. The van der Waals surface area contributed by atoms with Crippen LogP contribution < -0.4 is 10.5 Å². The molecule has 2 aromatic rings. The van der Waals surface area contributed by atoms with Crippen molar-refractivity contribution in [3.8, 4) is 16.9 Å². The third-order valence-corrected chi connectivity index (χ3v) is 4.38. The Labute approximate surface area is 144 Å². The third-order valence-electron chi connectivity index (χ3n) is 4.38. The van der Waals surface area contributed by atoms with Gasteiger partial charge in [-0.1, -0.05) is 42.5 Å². The minimum absolute atomic E-state index is 0.0296. The number of amides is 1. The van der Waals surface area contributed by atoms with E-state index < -0.39 is 0 Å². The van der Waals surface area contributed by atoms with Gasteiger partial charge >= 0.3 is 0 Å². The Morgan fingerprint density at radius 3 is 2.46 bits per heavy atom.